The van der Waals surface area contributed by atoms with Crippen molar-refractivity contribution in [2.75, 3.05) is 5.32 Å². The summed E-state index contributed by atoms with van der Waals surface area (Å²) in [6.07, 6.45) is 0. The molecule has 0 aliphatic rings. The number of hydrogen-bond acceptors (Lipinski definition) is 3. The lowest BCUT2D eigenvalue weighted by molar-refractivity contribution is -0.385. The van der Waals surface area contributed by atoms with Crippen LogP contribution in [0.4, 0.5) is 15.8 Å². The summed E-state index contributed by atoms with van der Waals surface area (Å²) in [7, 11) is 0. The first-order valence-corrected chi connectivity index (χ1v) is 6.24. The molecule has 2 rings (SSSR count). The Morgan fingerprint density at radius 2 is 1.85 bits per heavy atom. The van der Waals surface area contributed by atoms with E-state index in [4.69, 9.17) is 0 Å². The molecule has 1 atom stereocenters. The molecular formula is C15H15FN2O2. The number of aryl methyl sites for hydroxylation is 1. The smallest absolute Gasteiger partial charge is 0.272 e. The number of nitro benzene ring substituents is 1. The van der Waals surface area contributed by atoms with Crippen LogP contribution in [0.5, 0.6) is 0 Å². The summed E-state index contributed by atoms with van der Waals surface area (Å²) < 4.78 is 12.8. The minimum atomic E-state index is -0.385. The first-order valence-electron chi connectivity index (χ1n) is 6.24. The van der Waals surface area contributed by atoms with Gasteiger partial charge in [-0.2, -0.15) is 0 Å². The Balaban J connectivity index is 2.20. The Bertz CT molecular complexity index is 626. The molecule has 1 N–H and O–H groups in total. The summed E-state index contributed by atoms with van der Waals surface area (Å²) >= 11 is 0. The second-order valence-electron chi connectivity index (χ2n) is 4.68. The van der Waals surface area contributed by atoms with Gasteiger partial charge in [-0.1, -0.05) is 12.1 Å². The summed E-state index contributed by atoms with van der Waals surface area (Å²) in [6, 6.07) is 11.0. The summed E-state index contributed by atoms with van der Waals surface area (Å²) in [4.78, 5) is 10.6. The Morgan fingerprint density at radius 1 is 1.20 bits per heavy atom. The van der Waals surface area contributed by atoms with Gasteiger partial charge in [0.15, 0.2) is 0 Å². The zero-order valence-corrected chi connectivity index (χ0v) is 11.3. The van der Waals surface area contributed by atoms with E-state index in [-0.39, 0.29) is 22.5 Å². The third-order valence-electron chi connectivity index (χ3n) is 3.16. The van der Waals surface area contributed by atoms with Gasteiger partial charge in [-0.05, 0) is 43.7 Å². The maximum atomic E-state index is 12.8. The molecular weight excluding hydrogens is 259 g/mol. The van der Waals surface area contributed by atoms with Crippen LogP contribution in [-0.4, -0.2) is 4.92 Å². The monoisotopic (exact) mass is 274 g/mol. The SMILES string of the molecule is Cc1ccc(C(C)Nc2ccc(F)cc2)cc1[N+](=O)[O-]. The van der Waals surface area contributed by atoms with Crippen LogP contribution in [0.25, 0.3) is 0 Å². The zero-order chi connectivity index (χ0) is 14.7. The molecule has 2 aromatic carbocycles. The van der Waals surface area contributed by atoms with Gasteiger partial charge in [-0.25, -0.2) is 4.39 Å². The molecule has 0 heterocycles. The number of nitro groups is 1. The zero-order valence-electron chi connectivity index (χ0n) is 11.3. The molecule has 0 saturated heterocycles. The van der Waals surface area contributed by atoms with Crippen LogP contribution in [0, 0.1) is 22.9 Å². The summed E-state index contributed by atoms with van der Waals surface area (Å²) in [6.45, 7) is 3.61. The molecule has 0 aliphatic heterocycles. The van der Waals surface area contributed by atoms with E-state index in [2.05, 4.69) is 5.32 Å². The van der Waals surface area contributed by atoms with E-state index in [9.17, 15) is 14.5 Å². The number of nitrogens with zero attached hydrogens (tertiary/aromatic N) is 1. The Labute approximate surface area is 116 Å². The second-order valence-corrected chi connectivity index (χ2v) is 4.68. The minimum absolute atomic E-state index is 0.107. The lowest BCUT2D eigenvalue weighted by atomic mass is 10.0. The fourth-order valence-corrected chi connectivity index (χ4v) is 1.97. The van der Waals surface area contributed by atoms with Crippen LogP contribution in [0.3, 0.4) is 0 Å². The molecule has 20 heavy (non-hydrogen) atoms. The van der Waals surface area contributed by atoms with E-state index < -0.39 is 0 Å². The van der Waals surface area contributed by atoms with Gasteiger partial charge in [-0.3, -0.25) is 10.1 Å². The van der Waals surface area contributed by atoms with Gasteiger partial charge in [-0.15, -0.1) is 0 Å². The Morgan fingerprint density at radius 3 is 2.45 bits per heavy atom. The number of hydrogen-bond donors (Lipinski definition) is 1. The third kappa shape index (κ3) is 3.12. The number of anilines is 1. The highest BCUT2D eigenvalue weighted by atomic mass is 19.1. The van der Waals surface area contributed by atoms with Gasteiger partial charge < -0.3 is 5.32 Å². The van der Waals surface area contributed by atoms with Crippen molar-refractivity contribution < 1.29 is 9.31 Å². The molecule has 0 aromatic heterocycles. The largest absolute Gasteiger partial charge is 0.379 e. The van der Waals surface area contributed by atoms with Crippen molar-refractivity contribution in [3.8, 4) is 0 Å². The van der Waals surface area contributed by atoms with Crippen LogP contribution >= 0.6 is 0 Å². The highest BCUT2D eigenvalue weighted by molar-refractivity contribution is 5.48. The summed E-state index contributed by atoms with van der Waals surface area (Å²) in [5.74, 6) is -0.297. The van der Waals surface area contributed by atoms with Crippen molar-refractivity contribution in [2.24, 2.45) is 0 Å². The van der Waals surface area contributed by atoms with Gasteiger partial charge >= 0.3 is 0 Å². The fourth-order valence-electron chi connectivity index (χ4n) is 1.97. The highest BCUT2D eigenvalue weighted by Gasteiger charge is 2.14. The highest BCUT2D eigenvalue weighted by Crippen LogP contribution is 2.25. The number of rotatable bonds is 4. The van der Waals surface area contributed by atoms with E-state index >= 15 is 0 Å². The van der Waals surface area contributed by atoms with Crippen LogP contribution in [-0.2, 0) is 0 Å². The maximum absolute atomic E-state index is 12.8. The summed E-state index contributed by atoms with van der Waals surface area (Å²) in [5.41, 5.74) is 2.32. The third-order valence-corrected chi connectivity index (χ3v) is 3.16. The van der Waals surface area contributed by atoms with Gasteiger partial charge in [0.25, 0.3) is 5.69 Å². The van der Waals surface area contributed by atoms with Crippen LogP contribution in [0.1, 0.15) is 24.1 Å². The van der Waals surface area contributed by atoms with Gasteiger partial charge in [0, 0.05) is 23.4 Å². The van der Waals surface area contributed by atoms with Crippen LogP contribution in [0.15, 0.2) is 42.5 Å². The predicted molar refractivity (Wildman–Crippen MR) is 76.3 cm³/mol. The Kier molecular flexibility index (Phi) is 3.98. The first kappa shape index (κ1) is 14.0. The normalized spacial score (nSPS) is 11.9. The molecule has 1 unspecified atom stereocenters. The van der Waals surface area contributed by atoms with Crippen LogP contribution < -0.4 is 5.32 Å². The van der Waals surface area contributed by atoms with E-state index in [1.165, 1.54) is 12.1 Å². The molecule has 0 bridgehead atoms. The van der Waals surface area contributed by atoms with E-state index in [1.54, 1.807) is 31.2 Å². The molecule has 0 aliphatic carbocycles. The molecule has 104 valence electrons. The number of nitrogens with one attached hydrogen (secondary N) is 1. The molecule has 4 nitrogen and oxygen atoms in total. The van der Waals surface area contributed by atoms with Crippen molar-refractivity contribution in [1.29, 1.82) is 0 Å². The quantitative estimate of drug-likeness (QED) is 0.671. The minimum Gasteiger partial charge on any atom is -0.379 e. The van der Waals surface area contributed by atoms with Crippen molar-refractivity contribution >= 4 is 11.4 Å². The second kappa shape index (κ2) is 5.69. The van der Waals surface area contributed by atoms with Crippen molar-refractivity contribution in [1.82, 2.24) is 0 Å². The van der Waals surface area contributed by atoms with Crippen LogP contribution in [0.2, 0.25) is 0 Å². The molecule has 2 aromatic rings. The molecule has 0 radical (unpaired) electrons. The molecule has 0 amide bonds. The van der Waals surface area contributed by atoms with Gasteiger partial charge in [0.2, 0.25) is 0 Å². The fraction of sp³-hybridized carbons (Fsp3) is 0.200. The maximum Gasteiger partial charge on any atom is 0.272 e. The topological polar surface area (TPSA) is 55.2 Å². The molecule has 5 heteroatoms. The predicted octanol–water partition coefficient (Wildman–Crippen LogP) is 4.22. The van der Waals surface area contributed by atoms with Gasteiger partial charge in [0.1, 0.15) is 5.82 Å². The number of halogens is 1. The first-order chi connectivity index (χ1) is 9.47. The average molecular weight is 274 g/mol. The lowest BCUT2D eigenvalue weighted by Crippen LogP contribution is -2.07. The van der Waals surface area contributed by atoms with Crippen molar-refractivity contribution in [3.63, 3.8) is 0 Å². The van der Waals surface area contributed by atoms with Gasteiger partial charge in [0.05, 0.1) is 4.92 Å². The molecule has 0 spiro atoms. The summed E-state index contributed by atoms with van der Waals surface area (Å²) in [5, 5.41) is 14.1. The van der Waals surface area contributed by atoms with Crippen molar-refractivity contribution in [2.45, 2.75) is 19.9 Å². The van der Waals surface area contributed by atoms with Crippen molar-refractivity contribution in [3.05, 3.63) is 69.5 Å². The standard InChI is InChI=1S/C15H15FN2O2/c1-10-3-4-12(9-15(10)18(19)20)11(2)17-14-7-5-13(16)6-8-14/h3-9,11,17H,1-2H3. The molecule has 0 saturated carbocycles. The van der Waals surface area contributed by atoms with E-state index in [0.29, 0.717) is 5.56 Å². The lowest BCUT2D eigenvalue weighted by Gasteiger charge is -2.16. The molecule has 0 fully saturated rings. The van der Waals surface area contributed by atoms with E-state index in [0.717, 1.165) is 11.3 Å². The average Bonchev–Trinajstić information content (AvgIpc) is 2.41. The Hall–Kier alpha value is -2.43. The number of benzene rings is 2. The van der Waals surface area contributed by atoms with E-state index in [1.807, 2.05) is 13.0 Å².